The molecule has 1 heterocycles. The minimum absolute atomic E-state index is 0.245. The Morgan fingerprint density at radius 1 is 1.23 bits per heavy atom. The summed E-state index contributed by atoms with van der Waals surface area (Å²) in [6.45, 7) is 2.44. The van der Waals surface area contributed by atoms with Gasteiger partial charge in [-0.3, -0.25) is 4.90 Å². The second-order valence-corrected chi connectivity index (χ2v) is 5.14. The fourth-order valence-electron chi connectivity index (χ4n) is 2.41. The molecular formula is C15H20F3NO3. The van der Waals surface area contributed by atoms with Crippen LogP contribution in [0.25, 0.3) is 0 Å². The van der Waals surface area contributed by atoms with Gasteiger partial charge < -0.3 is 14.2 Å². The van der Waals surface area contributed by atoms with Crippen molar-refractivity contribution >= 4 is 0 Å². The molecule has 124 valence electrons. The Kier molecular flexibility index (Phi) is 5.80. The molecule has 1 aromatic carbocycles. The van der Waals surface area contributed by atoms with E-state index < -0.39 is 11.7 Å². The van der Waals surface area contributed by atoms with Crippen molar-refractivity contribution in [2.24, 2.45) is 0 Å². The lowest BCUT2D eigenvalue weighted by molar-refractivity contribution is -0.137. The SMILES string of the molecule is COC(CN1CCOC(c2ccc(C(F)(F)F)cc2)C1)OC. The number of rotatable bonds is 5. The van der Waals surface area contributed by atoms with Gasteiger partial charge in [0.15, 0.2) is 6.29 Å². The van der Waals surface area contributed by atoms with Crippen LogP contribution in [-0.4, -0.2) is 51.7 Å². The molecule has 1 aromatic rings. The number of nitrogens with zero attached hydrogens (tertiary/aromatic N) is 1. The van der Waals surface area contributed by atoms with E-state index in [9.17, 15) is 13.2 Å². The van der Waals surface area contributed by atoms with Crippen molar-refractivity contribution in [3.63, 3.8) is 0 Å². The van der Waals surface area contributed by atoms with Gasteiger partial charge in [-0.2, -0.15) is 13.2 Å². The number of morpholine rings is 1. The van der Waals surface area contributed by atoms with E-state index in [2.05, 4.69) is 4.90 Å². The summed E-state index contributed by atoms with van der Waals surface area (Å²) in [5.74, 6) is 0. The van der Waals surface area contributed by atoms with E-state index in [-0.39, 0.29) is 12.4 Å². The van der Waals surface area contributed by atoms with E-state index in [4.69, 9.17) is 14.2 Å². The van der Waals surface area contributed by atoms with Crippen molar-refractivity contribution in [1.29, 1.82) is 0 Å². The molecule has 1 aliphatic rings. The van der Waals surface area contributed by atoms with Crippen LogP contribution < -0.4 is 0 Å². The fourth-order valence-corrected chi connectivity index (χ4v) is 2.41. The van der Waals surface area contributed by atoms with E-state index in [1.807, 2.05) is 0 Å². The van der Waals surface area contributed by atoms with E-state index in [1.165, 1.54) is 12.1 Å². The topological polar surface area (TPSA) is 30.9 Å². The third-order valence-electron chi connectivity index (χ3n) is 3.69. The monoisotopic (exact) mass is 319 g/mol. The summed E-state index contributed by atoms with van der Waals surface area (Å²) < 4.78 is 53.7. The Hall–Kier alpha value is -1.15. The van der Waals surface area contributed by atoms with Gasteiger partial charge >= 0.3 is 6.18 Å². The van der Waals surface area contributed by atoms with Crippen molar-refractivity contribution < 1.29 is 27.4 Å². The quantitative estimate of drug-likeness (QED) is 0.781. The molecular weight excluding hydrogens is 299 g/mol. The lowest BCUT2D eigenvalue weighted by Gasteiger charge is -2.34. The Morgan fingerprint density at radius 3 is 2.41 bits per heavy atom. The molecule has 2 rings (SSSR count). The van der Waals surface area contributed by atoms with Crippen LogP contribution in [-0.2, 0) is 20.4 Å². The predicted octanol–water partition coefficient (Wildman–Crippen LogP) is 2.70. The van der Waals surface area contributed by atoms with Gasteiger partial charge in [-0.25, -0.2) is 0 Å². The van der Waals surface area contributed by atoms with Crippen LogP contribution in [0.5, 0.6) is 0 Å². The molecule has 1 fully saturated rings. The highest BCUT2D eigenvalue weighted by Crippen LogP contribution is 2.31. The molecule has 0 bridgehead atoms. The average Bonchev–Trinajstić information content (AvgIpc) is 2.52. The summed E-state index contributed by atoms with van der Waals surface area (Å²) in [6, 6.07) is 5.12. The first-order valence-corrected chi connectivity index (χ1v) is 7.00. The van der Waals surface area contributed by atoms with Crippen molar-refractivity contribution in [3.05, 3.63) is 35.4 Å². The van der Waals surface area contributed by atoms with Crippen LogP contribution in [0.1, 0.15) is 17.2 Å². The van der Waals surface area contributed by atoms with E-state index in [0.717, 1.165) is 24.2 Å². The standard InChI is InChI=1S/C15H20F3NO3/c1-20-14(21-2)10-19-7-8-22-13(9-19)11-3-5-12(6-4-11)15(16,17)18/h3-6,13-14H,7-10H2,1-2H3. The van der Waals surface area contributed by atoms with Crippen LogP contribution in [0.3, 0.4) is 0 Å². The normalized spacial score (nSPS) is 20.5. The Bertz CT molecular complexity index is 460. The molecule has 0 aliphatic carbocycles. The van der Waals surface area contributed by atoms with Crippen molar-refractivity contribution in [3.8, 4) is 0 Å². The van der Waals surface area contributed by atoms with Gasteiger partial charge in [-0.15, -0.1) is 0 Å². The maximum absolute atomic E-state index is 12.6. The third-order valence-corrected chi connectivity index (χ3v) is 3.69. The zero-order chi connectivity index (χ0) is 16.2. The molecule has 22 heavy (non-hydrogen) atoms. The molecule has 1 aliphatic heterocycles. The highest BCUT2D eigenvalue weighted by molar-refractivity contribution is 5.26. The molecule has 1 atom stereocenters. The Morgan fingerprint density at radius 2 is 1.86 bits per heavy atom. The minimum Gasteiger partial charge on any atom is -0.371 e. The summed E-state index contributed by atoms with van der Waals surface area (Å²) in [6.07, 6.45) is -4.89. The van der Waals surface area contributed by atoms with Crippen LogP contribution in [0.2, 0.25) is 0 Å². The van der Waals surface area contributed by atoms with Crippen molar-refractivity contribution in [2.45, 2.75) is 18.6 Å². The molecule has 0 aromatic heterocycles. The number of alkyl halides is 3. The lowest BCUT2D eigenvalue weighted by atomic mass is 10.1. The van der Waals surface area contributed by atoms with Crippen LogP contribution in [0.4, 0.5) is 13.2 Å². The summed E-state index contributed by atoms with van der Waals surface area (Å²) in [4.78, 5) is 2.11. The molecule has 7 heteroatoms. The first kappa shape index (κ1) is 17.2. The molecule has 0 radical (unpaired) electrons. The summed E-state index contributed by atoms with van der Waals surface area (Å²) in [5, 5.41) is 0. The highest BCUT2D eigenvalue weighted by atomic mass is 19.4. The zero-order valence-corrected chi connectivity index (χ0v) is 12.6. The molecule has 1 saturated heterocycles. The molecule has 0 N–H and O–H groups in total. The Labute approximate surface area is 127 Å². The number of methoxy groups -OCH3 is 2. The van der Waals surface area contributed by atoms with Gasteiger partial charge in [-0.05, 0) is 17.7 Å². The highest BCUT2D eigenvalue weighted by Gasteiger charge is 2.31. The van der Waals surface area contributed by atoms with Crippen molar-refractivity contribution in [2.75, 3.05) is 40.5 Å². The van der Waals surface area contributed by atoms with Gasteiger partial charge in [0.2, 0.25) is 0 Å². The first-order valence-electron chi connectivity index (χ1n) is 7.00. The Balaban J connectivity index is 2.00. The van der Waals surface area contributed by atoms with Gasteiger partial charge in [0.25, 0.3) is 0 Å². The average molecular weight is 319 g/mol. The number of ether oxygens (including phenoxy) is 3. The summed E-state index contributed by atoms with van der Waals surface area (Å²) in [7, 11) is 3.14. The van der Waals surface area contributed by atoms with E-state index >= 15 is 0 Å². The maximum Gasteiger partial charge on any atom is 0.416 e. The first-order chi connectivity index (χ1) is 10.4. The van der Waals surface area contributed by atoms with Crippen LogP contribution in [0.15, 0.2) is 24.3 Å². The predicted molar refractivity (Wildman–Crippen MR) is 74.4 cm³/mol. The largest absolute Gasteiger partial charge is 0.416 e. The van der Waals surface area contributed by atoms with Gasteiger partial charge in [-0.1, -0.05) is 12.1 Å². The lowest BCUT2D eigenvalue weighted by Crippen LogP contribution is -2.43. The fraction of sp³-hybridized carbons (Fsp3) is 0.600. The number of benzene rings is 1. The molecule has 1 unspecified atom stereocenters. The zero-order valence-electron chi connectivity index (χ0n) is 12.6. The summed E-state index contributed by atoms with van der Waals surface area (Å²) in [5.41, 5.74) is 0.0897. The van der Waals surface area contributed by atoms with Gasteiger partial charge in [0.1, 0.15) is 0 Å². The number of hydrogen-bond donors (Lipinski definition) is 0. The molecule has 4 nitrogen and oxygen atoms in total. The van der Waals surface area contributed by atoms with Crippen molar-refractivity contribution in [1.82, 2.24) is 4.90 Å². The molecule has 0 saturated carbocycles. The minimum atomic E-state index is -4.32. The smallest absolute Gasteiger partial charge is 0.371 e. The summed E-state index contributed by atoms with van der Waals surface area (Å²) >= 11 is 0. The second-order valence-electron chi connectivity index (χ2n) is 5.14. The van der Waals surface area contributed by atoms with Gasteiger partial charge in [0, 0.05) is 33.9 Å². The van der Waals surface area contributed by atoms with Crippen LogP contribution in [0, 0.1) is 0 Å². The van der Waals surface area contributed by atoms with Gasteiger partial charge in [0.05, 0.1) is 18.3 Å². The second kappa shape index (κ2) is 7.41. The third kappa shape index (κ3) is 4.42. The van der Waals surface area contributed by atoms with E-state index in [0.29, 0.717) is 19.7 Å². The molecule has 0 spiro atoms. The molecule has 0 amide bonds. The van der Waals surface area contributed by atoms with Crippen LogP contribution >= 0.6 is 0 Å². The maximum atomic E-state index is 12.6. The number of hydrogen-bond acceptors (Lipinski definition) is 4. The number of halogens is 3. The van der Waals surface area contributed by atoms with E-state index in [1.54, 1.807) is 14.2 Å².